The smallest absolute Gasteiger partial charge is 0.0202 e. The van der Waals surface area contributed by atoms with Crippen molar-refractivity contribution in [2.24, 2.45) is 0 Å². The Hall–Kier alpha value is 0.697. The summed E-state index contributed by atoms with van der Waals surface area (Å²) in [5.74, 6) is 0. The van der Waals surface area contributed by atoms with Gasteiger partial charge in [0.2, 0.25) is 0 Å². The predicted molar refractivity (Wildman–Crippen MR) is 47.0 cm³/mol. The minimum atomic E-state index is 0. The summed E-state index contributed by atoms with van der Waals surface area (Å²) in [5, 5.41) is 0.472. The van der Waals surface area contributed by atoms with Crippen LogP contribution in [0.2, 0.25) is 5.04 Å². The van der Waals surface area contributed by atoms with Gasteiger partial charge in [0.25, 0.3) is 0 Å². The minimum Gasteiger partial charge on any atom is -0.0783 e. The van der Waals surface area contributed by atoms with E-state index in [0.29, 0.717) is 5.04 Å². The molecule has 2 heteroatoms. The second-order valence-electron chi connectivity index (χ2n) is 2.93. The van der Waals surface area contributed by atoms with Gasteiger partial charge >= 0.3 is 0 Å². The molecule has 0 amide bonds. The molecule has 1 aliphatic carbocycles. The molecule has 0 heterocycles. The molecule has 1 unspecified atom stereocenters. The maximum absolute atomic E-state index is 2.29. The monoisotopic (exact) mass is 147 g/mol. The van der Waals surface area contributed by atoms with Crippen LogP contribution >= 0.6 is 0 Å². The molecule has 0 saturated heterocycles. The molecule has 1 rings (SSSR count). The maximum atomic E-state index is 2.29. The summed E-state index contributed by atoms with van der Waals surface area (Å²) in [5.41, 5.74) is 1.52. The number of hydrogen-bond donors (Lipinski definition) is 0. The van der Waals surface area contributed by atoms with Crippen LogP contribution in [0.15, 0.2) is 23.8 Å². The normalized spacial score (nSPS) is 32.0. The largest absolute Gasteiger partial charge is 0.0783 e. The predicted octanol–water partition coefficient (Wildman–Crippen LogP) is 0.666. The van der Waals surface area contributed by atoms with Crippen LogP contribution in [-0.2, 0) is 0 Å². The Bertz CT molecular complexity index is 156. The van der Waals surface area contributed by atoms with Crippen molar-refractivity contribution in [2.75, 3.05) is 0 Å². The quantitative estimate of drug-likeness (QED) is 0.442. The van der Waals surface area contributed by atoms with E-state index in [1.165, 1.54) is 15.8 Å². The fourth-order valence-corrected chi connectivity index (χ4v) is 1.14. The third-order valence-corrected chi connectivity index (χ3v) is 3.00. The molecule has 9 heavy (non-hydrogen) atoms. The molecule has 0 aromatic rings. The molecule has 0 aliphatic heterocycles. The zero-order valence-corrected chi connectivity index (χ0v) is 10.7. The molecule has 45 valence electrons. The van der Waals surface area contributed by atoms with Crippen LogP contribution < -0.4 is 0 Å². The van der Waals surface area contributed by atoms with Crippen molar-refractivity contribution in [3.8, 4) is 0 Å². The summed E-state index contributed by atoms with van der Waals surface area (Å²) < 4.78 is 0. The SMILES string of the molecule is CC1=CC=CC1(C)[SiH3].[Na]. The zero-order valence-electron chi connectivity index (χ0n) is 6.73. The van der Waals surface area contributed by atoms with Crippen LogP contribution in [0.25, 0.3) is 0 Å². The summed E-state index contributed by atoms with van der Waals surface area (Å²) in [6.07, 6.45) is 6.64. The van der Waals surface area contributed by atoms with Crippen molar-refractivity contribution in [3.05, 3.63) is 23.8 Å². The van der Waals surface area contributed by atoms with Gasteiger partial charge in [-0.1, -0.05) is 30.7 Å². The first-order valence-electron chi connectivity index (χ1n) is 2.99. The van der Waals surface area contributed by atoms with Crippen LogP contribution in [0.1, 0.15) is 13.8 Å². The summed E-state index contributed by atoms with van der Waals surface area (Å²) in [6.45, 7) is 4.49. The van der Waals surface area contributed by atoms with Crippen molar-refractivity contribution in [1.29, 1.82) is 0 Å². The molecule has 0 N–H and O–H groups in total. The molecule has 0 aromatic carbocycles. The molecule has 0 saturated carbocycles. The van der Waals surface area contributed by atoms with Gasteiger partial charge in [0.15, 0.2) is 0 Å². The van der Waals surface area contributed by atoms with Crippen LogP contribution in [0.3, 0.4) is 0 Å². The Morgan fingerprint density at radius 2 is 2.11 bits per heavy atom. The minimum absolute atomic E-state index is 0. The Balaban J connectivity index is 0.000000640. The van der Waals surface area contributed by atoms with Gasteiger partial charge in [0, 0.05) is 39.8 Å². The maximum Gasteiger partial charge on any atom is 0.0202 e. The van der Waals surface area contributed by atoms with E-state index < -0.39 is 0 Å². The first kappa shape index (κ1) is 9.70. The van der Waals surface area contributed by atoms with Crippen LogP contribution in [0.4, 0.5) is 0 Å². The molecule has 1 radical (unpaired) electrons. The topological polar surface area (TPSA) is 0 Å². The van der Waals surface area contributed by atoms with Gasteiger partial charge in [-0.25, -0.2) is 0 Å². The molecule has 0 aromatic heterocycles. The van der Waals surface area contributed by atoms with Crippen molar-refractivity contribution in [1.82, 2.24) is 0 Å². The van der Waals surface area contributed by atoms with E-state index in [-0.39, 0.29) is 29.6 Å². The molecular weight excluding hydrogens is 135 g/mol. The molecule has 1 atom stereocenters. The first-order chi connectivity index (χ1) is 3.63. The van der Waals surface area contributed by atoms with Crippen LogP contribution in [0.5, 0.6) is 0 Å². The fourth-order valence-electron chi connectivity index (χ4n) is 0.779. The van der Waals surface area contributed by atoms with Crippen molar-refractivity contribution < 1.29 is 0 Å². The molecule has 0 bridgehead atoms. The Morgan fingerprint density at radius 1 is 1.56 bits per heavy atom. The second-order valence-corrected chi connectivity index (χ2v) is 5.01. The molecule has 0 fully saturated rings. The summed E-state index contributed by atoms with van der Waals surface area (Å²) in [6, 6.07) is 0. The number of hydrogen-bond acceptors (Lipinski definition) is 0. The number of allylic oxidation sites excluding steroid dienone is 4. The van der Waals surface area contributed by atoms with E-state index in [1.807, 2.05) is 0 Å². The molecule has 0 spiro atoms. The van der Waals surface area contributed by atoms with Crippen LogP contribution in [-0.4, -0.2) is 39.8 Å². The van der Waals surface area contributed by atoms with Crippen molar-refractivity contribution in [2.45, 2.75) is 18.9 Å². The Kier molecular flexibility index (Phi) is 3.44. The first-order valence-corrected chi connectivity index (χ1v) is 3.99. The standard InChI is InChI=1S/C7H12Si.Na/c1-6-4-3-5-7(6,2)8;/h3-5H,1-2,8H3;. The summed E-state index contributed by atoms with van der Waals surface area (Å²) >= 11 is 0. The second kappa shape index (κ2) is 3.20. The van der Waals surface area contributed by atoms with E-state index in [0.717, 1.165) is 0 Å². The third-order valence-electron chi connectivity index (χ3n) is 1.88. The average Bonchev–Trinajstić information content (AvgIpc) is 1.86. The molecule has 1 aliphatic rings. The van der Waals surface area contributed by atoms with Gasteiger partial charge < -0.3 is 0 Å². The average molecular weight is 147 g/mol. The fraction of sp³-hybridized carbons (Fsp3) is 0.429. The van der Waals surface area contributed by atoms with Gasteiger partial charge in [-0.2, -0.15) is 0 Å². The van der Waals surface area contributed by atoms with Crippen molar-refractivity contribution in [3.63, 3.8) is 0 Å². The molecular formula is C7H12NaSi. The Morgan fingerprint density at radius 3 is 2.22 bits per heavy atom. The van der Waals surface area contributed by atoms with E-state index in [1.54, 1.807) is 0 Å². The van der Waals surface area contributed by atoms with Gasteiger partial charge in [-0.15, -0.1) is 0 Å². The van der Waals surface area contributed by atoms with Crippen molar-refractivity contribution >= 4 is 39.8 Å². The van der Waals surface area contributed by atoms with Crippen LogP contribution in [0, 0.1) is 0 Å². The Labute approximate surface area is 82.1 Å². The van der Waals surface area contributed by atoms with Gasteiger partial charge in [0.05, 0.1) is 0 Å². The molecule has 0 nitrogen and oxygen atoms in total. The van der Waals surface area contributed by atoms with E-state index in [2.05, 4.69) is 32.1 Å². The van der Waals surface area contributed by atoms with E-state index in [9.17, 15) is 0 Å². The zero-order chi connectivity index (χ0) is 6.20. The third kappa shape index (κ3) is 2.08. The van der Waals surface area contributed by atoms with Gasteiger partial charge in [0.1, 0.15) is 0 Å². The summed E-state index contributed by atoms with van der Waals surface area (Å²) in [7, 11) is 1.24. The van der Waals surface area contributed by atoms with E-state index in [4.69, 9.17) is 0 Å². The number of rotatable bonds is 0. The van der Waals surface area contributed by atoms with E-state index >= 15 is 0 Å². The van der Waals surface area contributed by atoms with Gasteiger partial charge in [-0.3, -0.25) is 0 Å². The summed E-state index contributed by atoms with van der Waals surface area (Å²) in [4.78, 5) is 0. The van der Waals surface area contributed by atoms with Gasteiger partial charge in [-0.05, 0) is 12.0 Å².